The molecule has 0 aliphatic rings. The number of amides is 1. The molecule has 0 aliphatic heterocycles. The number of anilines is 1. The molecule has 1 rings (SSSR count). The topological polar surface area (TPSA) is 49.3 Å². The van der Waals surface area contributed by atoms with Crippen LogP contribution in [0.15, 0.2) is 18.2 Å². The van der Waals surface area contributed by atoms with Gasteiger partial charge in [0.25, 0.3) is 0 Å². The number of halogens is 1. The van der Waals surface area contributed by atoms with Crippen LogP contribution in [0, 0.1) is 0 Å². The van der Waals surface area contributed by atoms with Crippen LogP contribution in [-0.4, -0.2) is 23.2 Å². The number of phenolic OH excluding ortho intramolecular Hbond substituents is 1. The van der Waals surface area contributed by atoms with E-state index in [1.54, 1.807) is 39.9 Å². The van der Waals surface area contributed by atoms with Crippen molar-refractivity contribution in [2.24, 2.45) is 0 Å². The highest BCUT2D eigenvalue weighted by Gasteiger charge is 2.24. The summed E-state index contributed by atoms with van der Waals surface area (Å²) in [5.41, 5.74) is 1.17. The molecule has 0 atom stereocenters. The lowest BCUT2D eigenvalue weighted by atomic mass is 9.94. The average molecular weight is 270 g/mol. The summed E-state index contributed by atoms with van der Waals surface area (Å²) in [5.74, 6) is -0.0778. The number of aromatic hydroxyl groups is 1. The first kappa shape index (κ1) is 12.1. The van der Waals surface area contributed by atoms with Crippen molar-refractivity contribution in [3.63, 3.8) is 0 Å². The number of carbonyl (C=O) groups is 1. The third-order valence-electron chi connectivity index (χ3n) is 2.03. The molecule has 1 aromatic rings. The Morgan fingerprint density at radius 1 is 1.53 bits per heavy atom. The maximum atomic E-state index is 11.6. The van der Waals surface area contributed by atoms with Crippen molar-refractivity contribution in [2.45, 2.75) is 18.2 Å². The van der Waals surface area contributed by atoms with Crippen molar-refractivity contribution in [3.05, 3.63) is 18.2 Å². The highest BCUT2D eigenvalue weighted by molar-refractivity contribution is 9.10. The molecule has 0 spiro atoms. The summed E-state index contributed by atoms with van der Waals surface area (Å²) in [4.78, 5) is 11.6. The number of carbonyl (C=O) groups excluding carboxylic acids is 1. The minimum atomic E-state index is -0.650. The van der Waals surface area contributed by atoms with Crippen molar-refractivity contribution in [1.82, 2.24) is 0 Å². The van der Waals surface area contributed by atoms with Crippen LogP contribution in [0.3, 0.4) is 0 Å². The number of nitrogens with one attached hydrogen (secondary N) is 1. The first-order valence-electron chi connectivity index (χ1n) is 4.61. The summed E-state index contributed by atoms with van der Waals surface area (Å²) >= 11 is 3.25. The minimum absolute atomic E-state index is 0.114. The van der Waals surface area contributed by atoms with Crippen molar-refractivity contribution >= 4 is 40.8 Å². The van der Waals surface area contributed by atoms with E-state index in [4.69, 9.17) is 0 Å². The summed E-state index contributed by atoms with van der Waals surface area (Å²) in [6.45, 7) is 3.49. The summed E-state index contributed by atoms with van der Waals surface area (Å²) in [7, 11) is 1.78. The standard InChI is InChI=1S/C10H13BBrNO2/c1-10(2,12)9(15)13-7-5-3-4-6(11)8(7)14/h3-5,14H,11H2,1-2H3,(H,13,15). The Labute approximate surface area is 98.4 Å². The lowest BCUT2D eigenvalue weighted by molar-refractivity contribution is -0.117. The molecular weight excluding hydrogens is 257 g/mol. The molecule has 0 aliphatic carbocycles. The van der Waals surface area contributed by atoms with Gasteiger partial charge < -0.3 is 10.4 Å². The van der Waals surface area contributed by atoms with Gasteiger partial charge in [-0.15, -0.1) is 0 Å². The van der Waals surface area contributed by atoms with Gasteiger partial charge in [-0.05, 0) is 25.4 Å². The van der Waals surface area contributed by atoms with Crippen molar-refractivity contribution in [1.29, 1.82) is 0 Å². The summed E-state index contributed by atoms with van der Waals surface area (Å²) in [6, 6.07) is 5.23. The molecule has 0 fully saturated rings. The first-order valence-corrected chi connectivity index (χ1v) is 5.40. The van der Waals surface area contributed by atoms with Gasteiger partial charge >= 0.3 is 0 Å². The van der Waals surface area contributed by atoms with Crippen LogP contribution in [0.1, 0.15) is 13.8 Å². The zero-order valence-electron chi connectivity index (χ0n) is 8.97. The summed E-state index contributed by atoms with van der Waals surface area (Å²) in [6.07, 6.45) is 0. The quantitative estimate of drug-likeness (QED) is 0.473. The van der Waals surface area contributed by atoms with Crippen LogP contribution in [0.25, 0.3) is 0 Å². The van der Waals surface area contributed by atoms with Crippen LogP contribution in [0.5, 0.6) is 5.75 Å². The predicted octanol–water partition coefficient (Wildman–Crippen LogP) is 0.763. The fourth-order valence-electron chi connectivity index (χ4n) is 1.03. The fourth-order valence-corrected chi connectivity index (χ4v) is 1.13. The number of benzene rings is 1. The third-order valence-corrected chi connectivity index (χ3v) is 2.39. The van der Waals surface area contributed by atoms with E-state index in [2.05, 4.69) is 21.2 Å². The van der Waals surface area contributed by atoms with E-state index in [1.807, 2.05) is 0 Å². The monoisotopic (exact) mass is 269 g/mol. The van der Waals surface area contributed by atoms with Gasteiger partial charge in [-0.25, -0.2) is 0 Å². The largest absolute Gasteiger partial charge is 0.506 e. The second-order valence-electron chi connectivity index (χ2n) is 3.90. The van der Waals surface area contributed by atoms with E-state index < -0.39 is 4.32 Å². The zero-order chi connectivity index (χ0) is 11.6. The van der Waals surface area contributed by atoms with E-state index in [0.717, 1.165) is 5.46 Å². The first-order chi connectivity index (χ1) is 6.82. The van der Waals surface area contributed by atoms with Crippen molar-refractivity contribution in [3.8, 4) is 5.75 Å². The Morgan fingerprint density at radius 2 is 2.13 bits per heavy atom. The van der Waals surface area contributed by atoms with Gasteiger partial charge in [0.2, 0.25) is 5.91 Å². The van der Waals surface area contributed by atoms with E-state index in [1.165, 1.54) is 0 Å². The molecule has 0 unspecified atom stereocenters. The second-order valence-corrected chi connectivity index (χ2v) is 5.88. The van der Waals surface area contributed by atoms with Crippen LogP contribution >= 0.6 is 15.9 Å². The molecule has 0 radical (unpaired) electrons. The Bertz CT molecular complexity index is 387. The molecule has 80 valence electrons. The molecule has 1 amide bonds. The Morgan fingerprint density at radius 3 is 2.67 bits per heavy atom. The third kappa shape index (κ3) is 2.99. The molecule has 1 aromatic carbocycles. The Kier molecular flexibility index (Phi) is 3.44. The van der Waals surface area contributed by atoms with E-state index in [-0.39, 0.29) is 11.7 Å². The normalized spacial score (nSPS) is 11.1. The van der Waals surface area contributed by atoms with Crippen LogP contribution in [0.4, 0.5) is 5.69 Å². The Hall–Kier alpha value is -0.965. The smallest absolute Gasteiger partial charge is 0.240 e. The van der Waals surface area contributed by atoms with E-state index >= 15 is 0 Å². The number of alkyl halides is 1. The van der Waals surface area contributed by atoms with Gasteiger partial charge in [-0.3, -0.25) is 4.79 Å². The summed E-state index contributed by atoms with van der Waals surface area (Å²) < 4.78 is -0.650. The van der Waals surface area contributed by atoms with Gasteiger partial charge in [0.15, 0.2) is 0 Å². The molecular formula is C10H13BBrNO2. The predicted molar refractivity (Wildman–Crippen MR) is 67.9 cm³/mol. The average Bonchev–Trinajstić information content (AvgIpc) is 2.11. The SMILES string of the molecule is Bc1cccc(NC(=O)C(C)(C)Br)c1O. The van der Waals surface area contributed by atoms with E-state index in [9.17, 15) is 9.90 Å². The number of hydrogen-bond donors (Lipinski definition) is 2. The van der Waals surface area contributed by atoms with Crippen LogP contribution in [-0.2, 0) is 4.79 Å². The molecule has 0 saturated carbocycles. The molecule has 0 bridgehead atoms. The van der Waals surface area contributed by atoms with Crippen LogP contribution < -0.4 is 10.8 Å². The van der Waals surface area contributed by atoms with E-state index in [0.29, 0.717) is 5.69 Å². The fraction of sp³-hybridized carbons (Fsp3) is 0.300. The molecule has 3 nitrogen and oxygen atoms in total. The number of phenols is 1. The van der Waals surface area contributed by atoms with Gasteiger partial charge in [-0.1, -0.05) is 28.1 Å². The number of hydrogen-bond acceptors (Lipinski definition) is 2. The maximum absolute atomic E-state index is 11.6. The second kappa shape index (κ2) is 4.27. The van der Waals surface area contributed by atoms with Gasteiger partial charge in [0.1, 0.15) is 13.6 Å². The van der Waals surface area contributed by atoms with Gasteiger partial charge in [-0.2, -0.15) is 0 Å². The molecule has 0 aromatic heterocycles. The minimum Gasteiger partial charge on any atom is -0.506 e. The molecule has 5 heteroatoms. The zero-order valence-corrected chi connectivity index (χ0v) is 10.6. The summed E-state index contributed by atoms with van der Waals surface area (Å²) in [5, 5.41) is 12.3. The van der Waals surface area contributed by atoms with Crippen molar-refractivity contribution in [2.75, 3.05) is 5.32 Å². The maximum Gasteiger partial charge on any atom is 0.240 e. The molecule has 0 heterocycles. The molecule has 15 heavy (non-hydrogen) atoms. The highest BCUT2D eigenvalue weighted by atomic mass is 79.9. The van der Waals surface area contributed by atoms with Gasteiger partial charge in [0.05, 0.1) is 10.0 Å². The number of rotatable bonds is 2. The van der Waals surface area contributed by atoms with Gasteiger partial charge in [0, 0.05) is 0 Å². The lowest BCUT2D eigenvalue weighted by Gasteiger charge is -2.17. The molecule has 0 saturated heterocycles. The Balaban J connectivity index is 2.91. The number of para-hydroxylation sites is 1. The molecule has 2 N–H and O–H groups in total. The lowest BCUT2D eigenvalue weighted by Crippen LogP contribution is -2.31. The van der Waals surface area contributed by atoms with Crippen molar-refractivity contribution < 1.29 is 9.90 Å². The van der Waals surface area contributed by atoms with Crippen LogP contribution in [0.2, 0.25) is 0 Å². The highest BCUT2D eigenvalue weighted by Crippen LogP contribution is 2.23.